The van der Waals surface area contributed by atoms with E-state index in [-0.39, 0.29) is 22.5 Å². The van der Waals surface area contributed by atoms with Crippen molar-refractivity contribution in [1.29, 1.82) is 0 Å². The van der Waals surface area contributed by atoms with Crippen LogP contribution in [0.2, 0.25) is 12.1 Å². The summed E-state index contributed by atoms with van der Waals surface area (Å²) < 4.78 is 53.4. The number of rotatable bonds is 4. The first-order valence-electron chi connectivity index (χ1n) is 5.20. The van der Waals surface area contributed by atoms with E-state index in [1.54, 1.807) is 0 Å². The Kier molecular flexibility index (Phi) is 3.95. The van der Waals surface area contributed by atoms with E-state index in [1.165, 1.54) is 38.1 Å². The van der Waals surface area contributed by atoms with Crippen molar-refractivity contribution in [1.82, 2.24) is 0 Å². The van der Waals surface area contributed by atoms with Crippen LogP contribution in [-0.2, 0) is 0 Å². The van der Waals surface area contributed by atoms with E-state index in [4.69, 9.17) is 0 Å². The van der Waals surface area contributed by atoms with Crippen LogP contribution >= 0.6 is 0 Å². The molecule has 0 unspecified atom stereocenters. The highest BCUT2D eigenvalue weighted by molar-refractivity contribution is 6.81. The maximum Gasteiger partial charge on any atom is 0.455 e. The van der Waals surface area contributed by atoms with E-state index in [2.05, 4.69) is 0 Å². The molecule has 0 aromatic heterocycles. The summed E-state index contributed by atoms with van der Waals surface area (Å²) in [5, 5.41) is -0.112. The maximum atomic E-state index is 13.4. The van der Waals surface area contributed by atoms with Crippen LogP contribution in [0.15, 0.2) is 24.3 Å². The lowest BCUT2D eigenvalue weighted by Crippen LogP contribution is -2.42. The molecule has 0 radical (unpaired) electrons. The molecule has 16 heavy (non-hydrogen) atoms. The molecule has 0 aliphatic heterocycles. The molecule has 0 saturated heterocycles. The van der Waals surface area contributed by atoms with Gasteiger partial charge in [0.05, 0.1) is 0 Å². The van der Waals surface area contributed by atoms with Gasteiger partial charge in [0.25, 0.3) is 0 Å². The number of halogens is 4. The van der Waals surface area contributed by atoms with Crippen LogP contribution in [0.5, 0.6) is 0 Å². The van der Waals surface area contributed by atoms with Gasteiger partial charge >= 0.3 is 17.5 Å². The van der Waals surface area contributed by atoms with E-state index < -0.39 is 17.5 Å². The molecule has 0 aliphatic rings. The van der Waals surface area contributed by atoms with Crippen molar-refractivity contribution >= 4 is 27.9 Å². The molecule has 0 saturated carbocycles. The van der Waals surface area contributed by atoms with Gasteiger partial charge in [0, 0.05) is 10.4 Å². The Morgan fingerprint density at radius 1 is 0.750 bits per heavy atom. The smallest absolute Gasteiger partial charge is 0.265 e. The van der Waals surface area contributed by atoms with E-state index in [0.29, 0.717) is 0 Å². The minimum absolute atomic E-state index is 0.0559. The fourth-order valence-electron chi connectivity index (χ4n) is 1.37. The second kappa shape index (κ2) is 4.71. The van der Waals surface area contributed by atoms with Crippen molar-refractivity contribution in [2.75, 3.05) is 0 Å². The summed E-state index contributed by atoms with van der Waals surface area (Å²) >= 11 is 0. The van der Waals surface area contributed by atoms with Crippen LogP contribution in [0.4, 0.5) is 16.4 Å². The molecule has 0 fully saturated rings. The standard InChI is InChI=1S/C10H14F4Si2/c1-3-15(11,12)9-5-7-10(8-6-9)16(13,14)4-2/h5-8H,3-4H2,1-2H3. The second-order valence-corrected chi connectivity index (χ2v) is 9.08. The van der Waals surface area contributed by atoms with Crippen LogP contribution in [0, 0.1) is 0 Å². The lowest BCUT2D eigenvalue weighted by Gasteiger charge is -2.14. The zero-order chi connectivity index (χ0) is 12.4. The Bertz CT molecular complexity index is 313. The van der Waals surface area contributed by atoms with Crippen molar-refractivity contribution in [3.8, 4) is 0 Å². The molecule has 0 bridgehead atoms. The topological polar surface area (TPSA) is 0 Å². The van der Waals surface area contributed by atoms with E-state index in [9.17, 15) is 16.4 Å². The van der Waals surface area contributed by atoms with Gasteiger partial charge in [0.15, 0.2) is 0 Å². The van der Waals surface area contributed by atoms with Gasteiger partial charge in [-0.3, -0.25) is 16.4 Å². The zero-order valence-corrected chi connectivity index (χ0v) is 11.2. The van der Waals surface area contributed by atoms with Gasteiger partial charge < -0.3 is 0 Å². The van der Waals surface area contributed by atoms with Crippen molar-refractivity contribution < 1.29 is 16.4 Å². The van der Waals surface area contributed by atoms with Gasteiger partial charge in [0.1, 0.15) is 0 Å². The number of hydrogen-bond acceptors (Lipinski definition) is 0. The second-order valence-electron chi connectivity index (χ2n) is 3.69. The SMILES string of the molecule is CC[Si](F)(F)c1ccc([Si](F)(F)CC)cc1. The Hall–Kier alpha value is -0.626. The Morgan fingerprint density at radius 3 is 1.19 bits per heavy atom. The Labute approximate surface area is 95.0 Å². The van der Waals surface area contributed by atoms with Crippen LogP contribution < -0.4 is 10.4 Å². The molecule has 0 atom stereocenters. The molecule has 0 N–H and O–H groups in total. The van der Waals surface area contributed by atoms with E-state index >= 15 is 0 Å². The van der Waals surface area contributed by atoms with Crippen LogP contribution in [0.1, 0.15) is 13.8 Å². The number of hydrogen-bond donors (Lipinski definition) is 0. The highest BCUT2D eigenvalue weighted by Crippen LogP contribution is 2.15. The molecular formula is C10H14F4Si2. The van der Waals surface area contributed by atoms with Crippen LogP contribution in [0.25, 0.3) is 0 Å². The molecule has 0 spiro atoms. The van der Waals surface area contributed by atoms with E-state index in [1.807, 2.05) is 0 Å². The largest absolute Gasteiger partial charge is 0.455 e. The van der Waals surface area contributed by atoms with Gasteiger partial charge in [-0.1, -0.05) is 38.1 Å². The summed E-state index contributed by atoms with van der Waals surface area (Å²) in [6.45, 7) is 2.85. The lowest BCUT2D eigenvalue weighted by atomic mass is 10.4. The normalized spacial score (nSPS) is 12.9. The molecule has 1 aromatic rings. The maximum absolute atomic E-state index is 13.4. The molecule has 1 aromatic carbocycles. The molecule has 0 amide bonds. The summed E-state index contributed by atoms with van der Waals surface area (Å²) in [5.41, 5.74) is 0. The van der Waals surface area contributed by atoms with Crippen molar-refractivity contribution in [3.05, 3.63) is 24.3 Å². The zero-order valence-electron chi connectivity index (χ0n) is 9.24. The summed E-state index contributed by atoms with van der Waals surface area (Å²) in [5.74, 6) is 0. The Balaban J connectivity index is 3.00. The van der Waals surface area contributed by atoms with Crippen LogP contribution in [-0.4, -0.2) is 17.5 Å². The Morgan fingerprint density at radius 2 is 1.00 bits per heavy atom. The molecule has 0 heterocycles. The lowest BCUT2D eigenvalue weighted by molar-refractivity contribution is 0.622. The fourth-order valence-corrected chi connectivity index (χ4v) is 3.49. The molecule has 6 heteroatoms. The summed E-state index contributed by atoms with van der Waals surface area (Å²) in [6, 6.07) is 4.30. The third-order valence-corrected chi connectivity index (χ3v) is 6.75. The quantitative estimate of drug-likeness (QED) is 0.446. The molecular weight excluding hydrogens is 252 g/mol. The van der Waals surface area contributed by atoms with Gasteiger partial charge in [0.2, 0.25) is 0 Å². The third kappa shape index (κ3) is 2.73. The highest BCUT2D eigenvalue weighted by atomic mass is 28.4. The summed E-state index contributed by atoms with van der Waals surface area (Å²) in [7, 11) is -8.75. The monoisotopic (exact) mass is 266 g/mol. The molecule has 0 aliphatic carbocycles. The highest BCUT2D eigenvalue weighted by Gasteiger charge is 2.38. The minimum atomic E-state index is -4.38. The first-order chi connectivity index (χ1) is 7.33. The van der Waals surface area contributed by atoms with Gasteiger partial charge in [-0.05, 0) is 12.1 Å². The minimum Gasteiger partial charge on any atom is -0.265 e. The molecule has 1 rings (SSSR count). The van der Waals surface area contributed by atoms with E-state index in [0.717, 1.165) is 0 Å². The predicted octanol–water partition coefficient (Wildman–Crippen LogP) is 2.90. The fraction of sp³-hybridized carbons (Fsp3) is 0.400. The van der Waals surface area contributed by atoms with Crippen LogP contribution in [0.3, 0.4) is 0 Å². The number of benzene rings is 1. The van der Waals surface area contributed by atoms with Crippen molar-refractivity contribution in [2.24, 2.45) is 0 Å². The third-order valence-electron chi connectivity index (χ3n) is 2.62. The predicted molar refractivity (Wildman–Crippen MR) is 62.6 cm³/mol. The van der Waals surface area contributed by atoms with Crippen molar-refractivity contribution in [3.63, 3.8) is 0 Å². The molecule has 90 valence electrons. The average molecular weight is 266 g/mol. The van der Waals surface area contributed by atoms with Gasteiger partial charge in [-0.15, -0.1) is 0 Å². The average Bonchev–Trinajstić information content (AvgIpc) is 2.29. The van der Waals surface area contributed by atoms with Gasteiger partial charge in [-0.25, -0.2) is 0 Å². The van der Waals surface area contributed by atoms with Crippen molar-refractivity contribution in [2.45, 2.75) is 25.9 Å². The van der Waals surface area contributed by atoms with Gasteiger partial charge in [-0.2, -0.15) is 0 Å². The first-order valence-corrected chi connectivity index (χ1v) is 9.12. The molecule has 0 nitrogen and oxygen atoms in total. The summed E-state index contributed by atoms with van der Waals surface area (Å²) in [6.07, 6.45) is 0. The first kappa shape index (κ1) is 13.4. The summed E-state index contributed by atoms with van der Waals surface area (Å²) in [4.78, 5) is 0.